The van der Waals surface area contributed by atoms with Gasteiger partial charge in [0.2, 0.25) is 0 Å². The van der Waals surface area contributed by atoms with E-state index in [-0.39, 0.29) is 0 Å². The quantitative estimate of drug-likeness (QED) is 0.773. The number of benzene rings is 1. The van der Waals surface area contributed by atoms with E-state index in [4.69, 9.17) is 4.84 Å². The van der Waals surface area contributed by atoms with Crippen molar-refractivity contribution in [1.29, 1.82) is 0 Å². The van der Waals surface area contributed by atoms with E-state index in [1.165, 1.54) is 0 Å². The predicted octanol–water partition coefficient (Wildman–Crippen LogP) is 2.40. The molecule has 0 bridgehead atoms. The van der Waals surface area contributed by atoms with Gasteiger partial charge in [-0.1, -0.05) is 18.2 Å². The van der Waals surface area contributed by atoms with E-state index in [1.807, 2.05) is 24.3 Å². The summed E-state index contributed by atoms with van der Waals surface area (Å²) in [6, 6.07) is 9.23. The topological polar surface area (TPSA) is 71.2 Å². The zero-order valence-electron chi connectivity index (χ0n) is 11.1. The molecule has 0 aliphatic carbocycles. The first-order chi connectivity index (χ1) is 8.88. The second kappa shape index (κ2) is 4.76. The van der Waals surface area contributed by atoms with Crippen LogP contribution in [0.25, 0.3) is 10.9 Å². The highest BCUT2D eigenvalue weighted by Gasteiger charge is 2.24. The molecule has 0 unspecified atom stereocenters. The van der Waals surface area contributed by atoms with Crippen molar-refractivity contribution in [3.8, 4) is 0 Å². The van der Waals surface area contributed by atoms with Crippen molar-refractivity contribution in [1.82, 2.24) is 10.5 Å². The Morgan fingerprint density at radius 1 is 1.21 bits per heavy atom. The summed E-state index contributed by atoms with van der Waals surface area (Å²) in [6.07, 6.45) is 0. The van der Waals surface area contributed by atoms with Crippen LogP contribution in [0.3, 0.4) is 0 Å². The minimum Gasteiger partial charge on any atom is -0.350 e. The van der Waals surface area contributed by atoms with Crippen molar-refractivity contribution in [3.63, 3.8) is 0 Å². The first kappa shape index (κ1) is 13.1. The molecule has 0 radical (unpaired) electrons. The highest BCUT2D eigenvalue weighted by Crippen LogP contribution is 2.16. The number of hydrogen-bond donors (Lipinski definition) is 2. The lowest BCUT2D eigenvalue weighted by molar-refractivity contribution is -0.158. The molecule has 0 saturated carbocycles. The Bertz CT molecular complexity index is 590. The van der Waals surface area contributed by atoms with E-state index in [0.717, 1.165) is 10.9 Å². The number of fused-ring (bicyclic) bond motifs is 1. The molecule has 100 valence electrons. The number of amides is 1. The van der Waals surface area contributed by atoms with Crippen molar-refractivity contribution in [2.24, 2.45) is 5.41 Å². The number of aromatic nitrogens is 1. The van der Waals surface area contributed by atoms with Crippen LogP contribution in [-0.4, -0.2) is 16.9 Å². The fraction of sp³-hybridized carbons (Fsp3) is 0.286. The molecule has 2 rings (SSSR count). The molecule has 1 aromatic heterocycles. The van der Waals surface area contributed by atoms with Crippen LogP contribution in [0.2, 0.25) is 0 Å². The summed E-state index contributed by atoms with van der Waals surface area (Å²) in [7, 11) is 0. The summed E-state index contributed by atoms with van der Waals surface area (Å²) in [4.78, 5) is 31.1. The van der Waals surface area contributed by atoms with Gasteiger partial charge in [-0.05, 0) is 32.9 Å². The van der Waals surface area contributed by atoms with Crippen LogP contribution in [-0.2, 0) is 9.63 Å². The van der Waals surface area contributed by atoms with Crippen LogP contribution < -0.4 is 5.48 Å². The zero-order chi connectivity index (χ0) is 14.0. The van der Waals surface area contributed by atoms with E-state index in [1.54, 1.807) is 26.8 Å². The number of hydrogen-bond acceptors (Lipinski definition) is 3. The molecule has 5 nitrogen and oxygen atoms in total. The van der Waals surface area contributed by atoms with Gasteiger partial charge in [-0.3, -0.25) is 4.79 Å². The molecule has 5 heteroatoms. The molecule has 1 heterocycles. The Morgan fingerprint density at radius 3 is 2.53 bits per heavy atom. The second-order valence-corrected chi connectivity index (χ2v) is 5.34. The molecule has 2 N–H and O–H groups in total. The third-order valence-electron chi connectivity index (χ3n) is 2.62. The number of H-pyrrole nitrogens is 1. The van der Waals surface area contributed by atoms with Gasteiger partial charge in [0.1, 0.15) is 5.69 Å². The lowest BCUT2D eigenvalue weighted by Gasteiger charge is -2.15. The Kier molecular flexibility index (Phi) is 3.29. The van der Waals surface area contributed by atoms with Gasteiger partial charge in [-0.25, -0.2) is 4.79 Å². The maximum absolute atomic E-state index is 11.8. The van der Waals surface area contributed by atoms with E-state index < -0.39 is 17.3 Å². The Balaban J connectivity index is 2.06. The van der Waals surface area contributed by atoms with Gasteiger partial charge in [-0.15, -0.1) is 0 Å². The summed E-state index contributed by atoms with van der Waals surface area (Å²) in [5.41, 5.74) is 2.69. The first-order valence-electron chi connectivity index (χ1n) is 5.97. The maximum Gasteiger partial charge on any atom is 0.337 e. The molecule has 0 fully saturated rings. The normalized spacial score (nSPS) is 11.3. The second-order valence-electron chi connectivity index (χ2n) is 5.34. The molecule has 19 heavy (non-hydrogen) atoms. The molecule has 0 aliphatic heterocycles. The Hall–Kier alpha value is -2.30. The van der Waals surface area contributed by atoms with Gasteiger partial charge >= 0.3 is 5.97 Å². The Morgan fingerprint density at radius 2 is 1.89 bits per heavy atom. The van der Waals surface area contributed by atoms with Crippen molar-refractivity contribution in [2.45, 2.75) is 20.8 Å². The zero-order valence-corrected chi connectivity index (χ0v) is 11.1. The van der Waals surface area contributed by atoms with Crippen molar-refractivity contribution < 1.29 is 14.4 Å². The number of nitrogens with one attached hydrogen (secondary N) is 2. The largest absolute Gasteiger partial charge is 0.350 e. The van der Waals surface area contributed by atoms with Crippen molar-refractivity contribution in [3.05, 3.63) is 36.0 Å². The average molecular weight is 260 g/mol. The van der Waals surface area contributed by atoms with Gasteiger partial charge in [0.15, 0.2) is 0 Å². The van der Waals surface area contributed by atoms with E-state index in [0.29, 0.717) is 5.69 Å². The lowest BCUT2D eigenvalue weighted by atomic mass is 9.98. The number of carbonyl (C=O) groups is 2. The number of hydroxylamine groups is 1. The molecular weight excluding hydrogens is 244 g/mol. The number of aromatic amines is 1. The predicted molar refractivity (Wildman–Crippen MR) is 71.3 cm³/mol. The molecule has 2 aromatic rings. The molecular formula is C14H16N2O3. The van der Waals surface area contributed by atoms with Crippen LogP contribution in [0.4, 0.5) is 0 Å². The minimum absolute atomic E-state index is 0.350. The van der Waals surface area contributed by atoms with Gasteiger partial charge in [0.05, 0.1) is 5.41 Å². The third kappa shape index (κ3) is 2.93. The minimum atomic E-state index is -0.659. The summed E-state index contributed by atoms with van der Waals surface area (Å²) in [6.45, 7) is 5.14. The summed E-state index contributed by atoms with van der Waals surface area (Å²) in [5.74, 6) is -0.967. The third-order valence-corrected chi connectivity index (χ3v) is 2.62. The SMILES string of the molecule is CC(C)(C)C(=O)ONC(=O)c1cc2ccccc2[nH]1. The molecule has 0 aliphatic rings. The fourth-order valence-corrected chi connectivity index (χ4v) is 1.50. The van der Waals surface area contributed by atoms with Crippen molar-refractivity contribution >= 4 is 22.8 Å². The van der Waals surface area contributed by atoms with Crippen LogP contribution >= 0.6 is 0 Å². The van der Waals surface area contributed by atoms with E-state index >= 15 is 0 Å². The summed E-state index contributed by atoms with van der Waals surface area (Å²) < 4.78 is 0. The van der Waals surface area contributed by atoms with Gasteiger partial charge in [0, 0.05) is 10.9 Å². The van der Waals surface area contributed by atoms with Gasteiger partial charge in [0.25, 0.3) is 5.91 Å². The number of para-hydroxylation sites is 1. The monoisotopic (exact) mass is 260 g/mol. The number of carbonyl (C=O) groups excluding carboxylic acids is 2. The van der Waals surface area contributed by atoms with Gasteiger partial charge < -0.3 is 9.82 Å². The molecule has 0 atom stereocenters. The maximum atomic E-state index is 11.8. The Labute approximate surface area is 110 Å². The van der Waals surface area contributed by atoms with Crippen LogP contribution in [0.1, 0.15) is 31.3 Å². The fourth-order valence-electron chi connectivity index (χ4n) is 1.50. The van der Waals surface area contributed by atoms with Crippen LogP contribution in [0.15, 0.2) is 30.3 Å². The smallest absolute Gasteiger partial charge is 0.337 e. The highest BCUT2D eigenvalue weighted by molar-refractivity contribution is 5.98. The lowest BCUT2D eigenvalue weighted by Crippen LogP contribution is -2.33. The number of rotatable bonds is 1. The summed E-state index contributed by atoms with van der Waals surface area (Å²) >= 11 is 0. The molecule has 1 amide bonds. The highest BCUT2D eigenvalue weighted by atomic mass is 16.7. The van der Waals surface area contributed by atoms with Crippen molar-refractivity contribution in [2.75, 3.05) is 0 Å². The summed E-state index contributed by atoms with van der Waals surface area (Å²) in [5, 5.41) is 0.926. The van der Waals surface area contributed by atoms with Gasteiger partial charge in [-0.2, -0.15) is 5.48 Å². The molecule has 0 spiro atoms. The first-order valence-corrected chi connectivity index (χ1v) is 5.97. The van der Waals surface area contributed by atoms with E-state index in [9.17, 15) is 9.59 Å². The average Bonchev–Trinajstić information content (AvgIpc) is 2.78. The van der Waals surface area contributed by atoms with E-state index in [2.05, 4.69) is 10.5 Å². The van der Waals surface area contributed by atoms with Crippen LogP contribution in [0.5, 0.6) is 0 Å². The standard InChI is InChI=1S/C14H16N2O3/c1-14(2,3)13(18)19-16-12(17)11-8-9-6-4-5-7-10(9)15-11/h4-8,15H,1-3H3,(H,16,17). The van der Waals surface area contributed by atoms with Crippen LogP contribution in [0, 0.1) is 5.41 Å². The molecule has 0 saturated heterocycles. The molecule has 1 aromatic carbocycles.